The molecule has 0 radical (unpaired) electrons. The molecule has 196 valence electrons. The van der Waals surface area contributed by atoms with Crippen LogP contribution in [0.3, 0.4) is 0 Å². The normalized spacial score (nSPS) is 15.5. The molecule has 0 amide bonds. The fourth-order valence-corrected chi connectivity index (χ4v) is 7.32. The second-order valence-electron chi connectivity index (χ2n) is 8.56. The van der Waals surface area contributed by atoms with Crippen LogP contribution in [-0.4, -0.2) is 22.1 Å². The minimum absolute atomic E-state index is 0.173. The lowest BCUT2D eigenvalue weighted by molar-refractivity contribution is -0.139. The van der Waals surface area contributed by atoms with E-state index in [1.54, 1.807) is 49.5 Å². The van der Waals surface area contributed by atoms with Crippen molar-refractivity contribution in [3.8, 4) is 0 Å². The van der Waals surface area contributed by atoms with E-state index in [1.807, 2.05) is 30.3 Å². The molecule has 1 aliphatic rings. The van der Waals surface area contributed by atoms with E-state index in [-0.39, 0.29) is 17.7 Å². The van der Waals surface area contributed by atoms with E-state index in [1.165, 1.54) is 39.8 Å². The number of hydrogen-bond acceptors (Lipinski definition) is 9. The average molecular weight is 578 g/mol. The first-order valence-corrected chi connectivity index (χ1v) is 14.4. The summed E-state index contributed by atoms with van der Waals surface area (Å²) in [5, 5.41) is 0.651. The number of rotatable bonds is 6. The van der Waals surface area contributed by atoms with Gasteiger partial charge in [-0.25, -0.2) is 19.2 Å². The number of para-hydroxylation sites is 1. The van der Waals surface area contributed by atoms with Crippen molar-refractivity contribution in [2.75, 3.05) is 6.61 Å². The number of ether oxygens (including phenoxy) is 1. The van der Waals surface area contributed by atoms with Gasteiger partial charge in [0.15, 0.2) is 14.2 Å². The Hall–Kier alpha value is -3.80. The van der Waals surface area contributed by atoms with Crippen molar-refractivity contribution in [2.45, 2.75) is 29.3 Å². The van der Waals surface area contributed by atoms with Crippen molar-refractivity contribution >= 4 is 56.7 Å². The van der Waals surface area contributed by atoms with Crippen LogP contribution in [-0.2, 0) is 9.53 Å². The van der Waals surface area contributed by atoms with Gasteiger partial charge in [-0.1, -0.05) is 35.6 Å². The van der Waals surface area contributed by atoms with Gasteiger partial charge in [-0.15, -0.1) is 11.3 Å². The molecule has 1 aliphatic heterocycles. The smallest absolute Gasteiger partial charge is 0.338 e. The third kappa shape index (κ3) is 4.88. The fraction of sp³-hybridized carbons (Fsp3) is 0.143. The Morgan fingerprint density at radius 1 is 1.15 bits per heavy atom. The zero-order valence-corrected chi connectivity index (χ0v) is 23.2. The molecule has 0 bridgehead atoms. The van der Waals surface area contributed by atoms with E-state index in [4.69, 9.17) is 9.15 Å². The second kappa shape index (κ2) is 10.4. The van der Waals surface area contributed by atoms with Crippen molar-refractivity contribution in [2.24, 2.45) is 4.99 Å². The van der Waals surface area contributed by atoms with Gasteiger partial charge in [-0.3, -0.25) is 9.36 Å². The highest BCUT2D eigenvalue weighted by Crippen LogP contribution is 2.35. The van der Waals surface area contributed by atoms with Crippen LogP contribution in [0.15, 0.2) is 95.6 Å². The van der Waals surface area contributed by atoms with E-state index in [9.17, 15) is 14.0 Å². The summed E-state index contributed by atoms with van der Waals surface area (Å²) in [7, 11) is 0. The van der Waals surface area contributed by atoms with Gasteiger partial charge in [0.25, 0.3) is 5.56 Å². The van der Waals surface area contributed by atoms with Crippen LogP contribution in [0.4, 0.5) is 4.39 Å². The topological polar surface area (TPSA) is 86.7 Å². The van der Waals surface area contributed by atoms with Crippen LogP contribution in [0.5, 0.6) is 0 Å². The molecule has 39 heavy (non-hydrogen) atoms. The molecular weight excluding hydrogens is 558 g/mol. The highest BCUT2D eigenvalue weighted by atomic mass is 32.2. The molecule has 6 rings (SSSR count). The van der Waals surface area contributed by atoms with Crippen LogP contribution in [0, 0.1) is 5.82 Å². The highest BCUT2D eigenvalue weighted by molar-refractivity contribution is 8.01. The van der Waals surface area contributed by atoms with Crippen molar-refractivity contribution in [1.29, 1.82) is 0 Å². The van der Waals surface area contributed by atoms with Crippen LogP contribution >= 0.6 is 34.4 Å². The SMILES string of the molecule is CCOC(=O)C1=C(C)N=c2sc(=Cc3ccc(Sc4nc5ccccc5s4)o3)c(=O)n2[C@@H]1c1ccc(F)cc1. The van der Waals surface area contributed by atoms with E-state index < -0.39 is 17.8 Å². The van der Waals surface area contributed by atoms with E-state index in [0.29, 0.717) is 31.4 Å². The second-order valence-corrected chi connectivity index (χ2v) is 11.9. The molecule has 0 saturated carbocycles. The summed E-state index contributed by atoms with van der Waals surface area (Å²) in [6, 6.07) is 16.5. The largest absolute Gasteiger partial charge is 0.463 e. The van der Waals surface area contributed by atoms with Gasteiger partial charge in [0.05, 0.1) is 38.7 Å². The average Bonchev–Trinajstić information content (AvgIpc) is 3.61. The van der Waals surface area contributed by atoms with Gasteiger partial charge in [-0.05, 0) is 67.6 Å². The summed E-state index contributed by atoms with van der Waals surface area (Å²) >= 11 is 4.20. The Bertz CT molecular complexity index is 1900. The Labute approximate surface area is 233 Å². The quantitative estimate of drug-likeness (QED) is 0.255. The lowest BCUT2D eigenvalue weighted by Gasteiger charge is -2.24. The number of carbonyl (C=O) groups is 1. The van der Waals surface area contributed by atoms with Crippen LogP contribution in [0.25, 0.3) is 16.3 Å². The van der Waals surface area contributed by atoms with Crippen molar-refractivity contribution in [3.63, 3.8) is 0 Å². The summed E-state index contributed by atoms with van der Waals surface area (Å²) in [6.07, 6.45) is 1.66. The van der Waals surface area contributed by atoms with Gasteiger partial charge < -0.3 is 9.15 Å². The predicted octanol–water partition coefficient (Wildman–Crippen LogP) is 5.29. The number of aromatic nitrogens is 2. The molecule has 3 aromatic heterocycles. The summed E-state index contributed by atoms with van der Waals surface area (Å²) in [5.74, 6) is -0.477. The van der Waals surface area contributed by atoms with Crippen LogP contribution in [0.2, 0.25) is 0 Å². The maximum atomic E-state index is 13.7. The number of halogens is 1. The molecule has 0 unspecified atom stereocenters. The lowest BCUT2D eigenvalue weighted by Crippen LogP contribution is -2.39. The maximum absolute atomic E-state index is 13.7. The molecule has 5 aromatic rings. The molecule has 0 saturated heterocycles. The molecule has 0 N–H and O–H groups in total. The van der Waals surface area contributed by atoms with Gasteiger partial charge in [-0.2, -0.15) is 0 Å². The number of fused-ring (bicyclic) bond motifs is 2. The molecular formula is C28H20FN3O4S3. The van der Waals surface area contributed by atoms with Crippen molar-refractivity contribution < 1.29 is 18.3 Å². The molecule has 0 aliphatic carbocycles. The molecule has 0 fully saturated rings. The van der Waals surface area contributed by atoms with Gasteiger partial charge in [0.1, 0.15) is 11.6 Å². The Morgan fingerprint density at radius 3 is 2.72 bits per heavy atom. The fourth-order valence-electron chi connectivity index (χ4n) is 4.33. The van der Waals surface area contributed by atoms with Crippen LogP contribution < -0.4 is 14.9 Å². The Kier molecular flexibility index (Phi) is 6.79. The Balaban J connectivity index is 1.39. The molecule has 7 nitrogen and oxygen atoms in total. The molecule has 2 aromatic carbocycles. The highest BCUT2D eigenvalue weighted by Gasteiger charge is 2.33. The van der Waals surface area contributed by atoms with Gasteiger partial charge in [0.2, 0.25) is 0 Å². The van der Waals surface area contributed by atoms with Crippen molar-refractivity contribution in [1.82, 2.24) is 9.55 Å². The van der Waals surface area contributed by atoms with Crippen LogP contribution in [0.1, 0.15) is 31.2 Å². The summed E-state index contributed by atoms with van der Waals surface area (Å²) in [6.45, 7) is 3.59. The molecule has 1 atom stereocenters. The number of esters is 1. The molecule has 0 spiro atoms. The van der Waals surface area contributed by atoms with Gasteiger partial charge in [0, 0.05) is 6.08 Å². The minimum Gasteiger partial charge on any atom is -0.463 e. The number of nitrogens with zero attached hydrogens (tertiary/aromatic N) is 3. The standard InChI is InChI=1S/C28H20FN3O4S3/c1-3-35-26(34)23-15(2)30-27-32(24(23)16-8-10-17(29)11-9-16)25(33)21(37-27)14-18-12-13-22(36-18)39-28-31-19-6-4-5-7-20(19)38-28/h4-14,24H,3H2,1-2H3/t24-/m1/s1. The van der Waals surface area contributed by atoms with E-state index >= 15 is 0 Å². The van der Waals surface area contributed by atoms with Gasteiger partial charge >= 0.3 is 5.97 Å². The Morgan fingerprint density at radius 2 is 1.95 bits per heavy atom. The van der Waals surface area contributed by atoms with E-state index in [0.717, 1.165) is 14.6 Å². The predicted molar refractivity (Wildman–Crippen MR) is 149 cm³/mol. The first kappa shape index (κ1) is 25.5. The minimum atomic E-state index is -0.801. The first-order chi connectivity index (χ1) is 18.9. The summed E-state index contributed by atoms with van der Waals surface area (Å²) in [4.78, 5) is 36.2. The zero-order valence-electron chi connectivity index (χ0n) is 20.7. The third-order valence-corrected chi connectivity index (χ3v) is 9.04. The maximum Gasteiger partial charge on any atom is 0.338 e. The number of carbonyl (C=O) groups excluding carboxylic acids is 1. The number of furan rings is 1. The van der Waals surface area contributed by atoms with E-state index in [2.05, 4.69) is 9.98 Å². The number of allylic oxidation sites excluding steroid dienone is 1. The summed E-state index contributed by atoms with van der Waals surface area (Å²) < 4.78 is 28.8. The monoisotopic (exact) mass is 577 g/mol. The number of thiazole rings is 2. The molecule has 11 heteroatoms. The van der Waals surface area contributed by atoms with Crippen molar-refractivity contribution in [3.05, 3.63) is 109 Å². The lowest BCUT2D eigenvalue weighted by atomic mass is 9.96. The first-order valence-electron chi connectivity index (χ1n) is 12.0. The molecule has 4 heterocycles. The summed E-state index contributed by atoms with van der Waals surface area (Å²) in [5.41, 5.74) is 1.87. The number of benzene rings is 2. The third-order valence-electron chi connectivity index (χ3n) is 6.04. The zero-order chi connectivity index (χ0) is 27.1. The number of hydrogen-bond donors (Lipinski definition) is 0.